The SMILES string of the molecule is C=CCc1cccc2c1[C@@H](n1cc(CC3CCCN3C)c3ccccc31)c1ccccc1O2. The quantitative estimate of drug-likeness (QED) is 0.285. The van der Waals surface area contributed by atoms with Crippen LogP contribution in [0.15, 0.2) is 85.6 Å². The molecule has 3 heterocycles. The Balaban J connectivity index is 1.57. The minimum Gasteiger partial charge on any atom is -0.457 e. The Morgan fingerprint density at radius 2 is 1.79 bits per heavy atom. The first kappa shape index (κ1) is 20.3. The zero-order valence-corrected chi connectivity index (χ0v) is 19.2. The number of likely N-dealkylation sites (tertiary alicyclic amines) is 1. The number of rotatable bonds is 5. The van der Waals surface area contributed by atoms with Crippen LogP contribution in [0.3, 0.4) is 0 Å². The number of hydrogen-bond donors (Lipinski definition) is 0. The van der Waals surface area contributed by atoms with Gasteiger partial charge in [-0.15, -0.1) is 6.58 Å². The van der Waals surface area contributed by atoms with E-state index in [4.69, 9.17) is 4.74 Å². The topological polar surface area (TPSA) is 17.4 Å². The zero-order chi connectivity index (χ0) is 22.4. The van der Waals surface area contributed by atoms with E-state index in [0.29, 0.717) is 6.04 Å². The van der Waals surface area contributed by atoms with E-state index in [9.17, 15) is 0 Å². The fraction of sp³-hybridized carbons (Fsp3) is 0.267. The maximum absolute atomic E-state index is 6.40. The van der Waals surface area contributed by atoms with Gasteiger partial charge in [0, 0.05) is 34.3 Å². The highest BCUT2D eigenvalue weighted by Crippen LogP contribution is 2.47. The average Bonchev–Trinajstić information content (AvgIpc) is 3.41. The molecule has 1 aromatic heterocycles. The first-order valence-electron chi connectivity index (χ1n) is 12.0. The van der Waals surface area contributed by atoms with Crippen LogP contribution in [0.4, 0.5) is 0 Å². The molecule has 4 aromatic rings. The van der Waals surface area contributed by atoms with Gasteiger partial charge in [-0.05, 0) is 68.6 Å². The number of para-hydroxylation sites is 2. The van der Waals surface area contributed by atoms with Crippen molar-refractivity contribution in [2.75, 3.05) is 13.6 Å². The summed E-state index contributed by atoms with van der Waals surface area (Å²) in [5.41, 5.74) is 6.47. The molecule has 3 heteroatoms. The molecule has 0 amide bonds. The van der Waals surface area contributed by atoms with Gasteiger partial charge >= 0.3 is 0 Å². The van der Waals surface area contributed by atoms with Crippen molar-refractivity contribution >= 4 is 10.9 Å². The van der Waals surface area contributed by atoms with E-state index < -0.39 is 0 Å². The number of ether oxygens (including phenoxy) is 1. The lowest BCUT2D eigenvalue weighted by atomic mass is 9.89. The summed E-state index contributed by atoms with van der Waals surface area (Å²) in [4.78, 5) is 2.52. The molecule has 2 atom stereocenters. The number of allylic oxidation sites excluding steroid dienone is 1. The second kappa shape index (κ2) is 8.24. The molecule has 3 aromatic carbocycles. The minimum absolute atomic E-state index is 0.0704. The molecule has 6 rings (SSSR count). The maximum atomic E-state index is 6.40. The van der Waals surface area contributed by atoms with Gasteiger partial charge in [-0.2, -0.15) is 0 Å². The third-order valence-corrected chi connectivity index (χ3v) is 7.46. The zero-order valence-electron chi connectivity index (χ0n) is 19.2. The molecule has 0 bridgehead atoms. The first-order valence-corrected chi connectivity index (χ1v) is 12.0. The predicted molar refractivity (Wildman–Crippen MR) is 135 cm³/mol. The Kier molecular flexibility index (Phi) is 5.07. The Bertz CT molecular complexity index is 1330. The number of aromatic nitrogens is 1. The number of nitrogens with zero attached hydrogens (tertiary/aromatic N) is 2. The number of fused-ring (bicyclic) bond motifs is 3. The van der Waals surface area contributed by atoms with Crippen molar-refractivity contribution in [3.8, 4) is 11.5 Å². The van der Waals surface area contributed by atoms with Gasteiger partial charge in [0.15, 0.2) is 0 Å². The van der Waals surface area contributed by atoms with E-state index in [1.807, 2.05) is 6.08 Å². The van der Waals surface area contributed by atoms with Crippen LogP contribution in [0, 0.1) is 0 Å². The van der Waals surface area contributed by atoms with Crippen LogP contribution in [0.2, 0.25) is 0 Å². The summed E-state index contributed by atoms with van der Waals surface area (Å²) in [5, 5.41) is 1.37. The Hall–Kier alpha value is -3.30. The highest BCUT2D eigenvalue weighted by atomic mass is 16.5. The van der Waals surface area contributed by atoms with Gasteiger partial charge in [0.1, 0.15) is 11.5 Å². The normalized spacial score (nSPS) is 19.8. The van der Waals surface area contributed by atoms with Crippen LogP contribution in [0.25, 0.3) is 10.9 Å². The van der Waals surface area contributed by atoms with E-state index in [2.05, 4.69) is 96.0 Å². The minimum atomic E-state index is 0.0704. The van der Waals surface area contributed by atoms with E-state index in [-0.39, 0.29) is 6.04 Å². The number of benzene rings is 3. The lowest BCUT2D eigenvalue weighted by Crippen LogP contribution is -2.26. The van der Waals surface area contributed by atoms with Crippen molar-refractivity contribution in [2.45, 2.75) is 37.8 Å². The molecule has 1 unspecified atom stereocenters. The van der Waals surface area contributed by atoms with E-state index in [1.54, 1.807) is 0 Å². The molecule has 1 saturated heterocycles. The molecule has 1 fully saturated rings. The van der Waals surface area contributed by atoms with Gasteiger partial charge in [-0.25, -0.2) is 0 Å². The maximum Gasteiger partial charge on any atom is 0.133 e. The van der Waals surface area contributed by atoms with E-state index in [1.165, 1.54) is 52.5 Å². The molecule has 2 aliphatic rings. The van der Waals surface area contributed by atoms with Gasteiger partial charge in [-0.3, -0.25) is 0 Å². The first-order chi connectivity index (χ1) is 16.2. The van der Waals surface area contributed by atoms with Gasteiger partial charge in [0.2, 0.25) is 0 Å². The molecular weight excluding hydrogens is 404 g/mol. The molecule has 33 heavy (non-hydrogen) atoms. The molecule has 3 nitrogen and oxygen atoms in total. The second-order valence-electron chi connectivity index (χ2n) is 9.42. The van der Waals surface area contributed by atoms with Crippen LogP contribution < -0.4 is 4.74 Å². The van der Waals surface area contributed by atoms with Gasteiger partial charge in [0.05, 0.1) is 6.04 Å². The average molecular weight is 435 g/mol. The van der Waals surface area contributed by atoms with Crippen molar-refractivity contribution in [3.63, 3.8) is 0 Å². The summed E-state index contributed by atoms with van der Waals surface area (Å²) in [7, 11) is 2.27. The molecule has 0 N–H and O–H groups in total. The Labute approximate surface area is 195 Å². The highest BCUT2D eigenvalue weighted by Gasteiger charge is 2.32. The van der Waals surface area contributed by atoms with Crippen molar-refractivity contribution in [1.29, 1.82) is 0 Å². The van der Waals surface area contributed by atoms with Gasteiger partial charge in [-0.1, -0.05) is 54.6 Å². The summed E-state index contributed by atoms with van der Waals surface area (Å²) in [6.07, 6.45) is 8.90. The number of likely N-dealkylation sites (N-methyl/N-ethyl adjacent to an activating group) is 1. The lowest BCUT2D eigenvalue weighted by molar-refractivity contribution is 0.309. The summed E-state index contributed by atoms with van der Waals surface area (Å²) in [5.74, 6) is 1.90. The third-order valence-electron chi connectivity index (χ3n) is 7.46. The summed E-state index contributed by atoms with van der Waals surface area (Å²) >= 11 is 0. The molecule has 0 aliphatic carbocycles. The molecule has 2 aliphatic heterocycles. The monoisotopic (exact) mass is 434 g/mol. The smallest absolute Gasteiger partial charge is 0.133 e. The summed E-state index contributed by atoms with van der Waals surface area (Å²) in [6, 6.07) is 24.5. The Morgan fingerprint density at radius 3 is 2.64 bits per heavy atom. The molecular formula is C30H30N2O. The Morgan fingerprint density at radius 1 is 0.970 bits per heavy atom. The van der Waals surface area contributed by atoms with Gasteiger partial charge < -0.3 is 14.2 Å². The molecule has 166 valence electrons. The standard InChI is InChI=1S/C30H30N2O/c1-3-10-21-11-8-17-28-29(21)30(25-14-5-7-16-27(25)33-28)32-20-22(19-23-12-9-18-31(23)2)24-13-4-6-15-26(24)32/h3-8,11,13-17,20,23,30H,1,9-10,12,18-19H2,2H3/t23?,30-/m0/s1. The predicted octanol–water partition coefficient (Wildman–Crippen LogP) is 6.75. The second-order valence-corrected chi connectivity index (χ2v) is 9.42. The van der Waals surface area contributed by atoms with E-state index in [0.717, 1.165) is 24.3 Å². The molecule has 0 saturated carbocycles. The van der Waals surface area contributed by atoms with Crippen molar-refractivity contribution in [1.82, 2.24) is 9.47 Å². The highest BCUT2D eigenvalue weighted by molar-refractivity contribution is 5.85. The fourth-order valence-electron chi connectivity index (χ4n) is 5.83. The lowest BCUT2D eigenvalue weighted by Gasteiger charge is -2.31. The van der Waals surface area contributed by atoms with Crippen LogP contribution >= 0.6 is 0 Å². The van der Waals surface area contributed by atoms with E-state index >= 15 is 0 Å². The van der Waals surface area contributed by atoms with Crippen LogP contribution in [-0.4, -0.2) is 29.1 Å². The third kappa shape index (κ3) is 3.39. The fourth-order valence-corrected chi connectivity index (χ4v) is 5.83. The molecule has 0 spiro atoms. The molecule has 0 radical (unpaired) electrons. The van der Waals surface area contributed by atoms with Crippen LogP contribution in [0.5, 0.6) is 11.5 Å². The summed E-state index contributed by atoms with van der Waals surface area (Å²) < 4.78 is 8.89. The van der Waals surface area contributed by atoms with Crippen molar-refractivity contribution in [2.24, 2.45) is 0 Å². The van der Waals surface area contributed by atoms with Crippen molar-refractivity contribution in [3.05, 3.63) is 108 Å². The van der Waals surface area contributed by atoms with Gasteiger partial charge in [0.25, 0.3) is 0 Å². The number of hydrogen-bond acceptors (Lipinski definition) is 2. The summed E-state index contributed by atoms with van der Waals surface area (Å²) in [6.45, 7) is 5.22. The van der Waals surface area contributed by atoms with Crippen LogP contribution in [0.1, 0.15) is 41.1 Å². The van der Waals surface area contributed by atoms with Crippen molar-refractivity contribution < 1.29 is 4.74 Å². The van der Waals surface area contributed by atoms with Crippen LogP contribution in [-0.2, 0) is 12.8 Å². The largest absolute Gasteiger partial charge is 0.457 e.